The van der Waals surface area contributed by atoms with Crippen molar-refractivity contribution in [3.05, 3.63) is 81.9 Å². The number of nitrogens with zero attached hydrogens (tertiary/aromatic N) is 4. The molecule has 0 spiro atoms. The average molecular weight is 462 g/mol. The van der Waals surface area contributed by atoms with E-state index in [1.807, 2.05) is 47.1 Å². The Morgan fingerprint density at radius 3 is 2.82 bits per heavy atom. The van der Waals surface area contributed by atoms with E-state index in [4.69, 9.17) is 9.47 Å². The van der Waals surface area contributed by atoms with Crippen LogP contribution in [-0.4, -0.2) is 45.0 Å². The van der Waals surface area contributed by atoms with Crippen molar-refractivity contribution in [2.24, 2.45) is 0 Å². The fourth-order valence-electron chi connectivity index (χ4n) is 4.53. The number of methoxy groups -OCH3 is 1. The maximum Gasteiger partial charge on any atom is 0.257 e. The molecule has 1 aliphatic heterocycles. The number of aromatic amines is 1. The van der Waals surface area contributed by atoms with E-state index >= 15 is 0 Å². The molecule has 1 saturated heterocycles. The Labute approximate surface area is 197 Å². The average Bonchev–Trinajstić information content (AvgIpc) is 3.52. The van der Waals surface area contributed by atoms with Gasteiger partial charge in [-0.25, -0.2) is 4.68 Å². The van der Waals surface area contributed by atoms with Gasteiger partial charge in [-0.1, -0.05) is 30.3 Å². The van der Waals surface area contributed by atoms with E-state index in [1.54, 1.807) is 7.11 Å². The third kappa shape index (κ3) is 5.16. The Morgan fingerprint density at radius 2 is 2.03 bits per heavy atom. The molecular weight excluding hydrogens is 432 g/mol. The van der Waals surface area contributed by atoms with Crippen molar-refractivity contribution in [1.29, 1.82) is 0 Å². The second kappa shape index (κ2) is 10.1. The summed E-state index contributed by atoms with van der Waals surface area (Å²) in [6.45, 7) is 3.30. The lowest BCUT2D eigenvalue weighted by atomic mass is 10.1. The molecule has 0 bridgehead atoms. The summed E-state index contributed by atoms with van der Waals surface area (Å²) in [5, 5.41) is 13.4. The van der Waals surface area contributed by atoms with Gasteiger partial charge in [-0.15, -0.1) is 5.10 Å². The van der Waals surface area contributed by atoms with Crippen molar-refractivity contribution in [1.82, 2.24) is 25.2 Å². The van der Waals surface area contributed by atoms with Gasteiger partial charge in [0.1, 0.15) is 25.4 Å². The molecule has 1 fully saturated rings. The Bertz CT molecular complexity index is 1300. The van der Waals surface area contributed by atoms with Gasteiger partial charge in [0.15, 0.2) is 0 Å². The van der Waals surface area contributed by atoms with Crippen molar-refractivity contribution in [3.8, 4) is 5.75 Å². The SMILES string of the molecule is COc1ccc2[nH]c(=O)c(C[NH+](Cc3ccccc3)Cc3nnnn3C[C@@H]3CCCO3)cc2c1. The number of hydrogen-bond donors (Lipinski definition) is 2. The van der Waals surface area contributed by atoms with E-state index in [1.165, 1.54) is 10.5 Å². The number of pyridine rings is 1. The van der Waals surface area contributed by atoms with E-state index in [0.717, 1.165) is 48.5 Å². The van der Waals surface area contributed by atoms with Crippen LogP contribution in [0.2, 0.25) is 0 Å². The van der Waals surface area contributed by atoms with Gasteiger partial charge >= 0.3 is 0 Å². The van der Waals surface area contributed by atoms with Gasteiger partial charge in [0.2, 0.25) is 5.82 Å². The van der Waals surface area contributed by atoms with Crippen LogP contribution in [0.15, 0.2) is 59.4 Å². The highest BCUT2D eigenvalue weighted by atomic mass is 16.5. The molecule has 3 heterocycles. The van der Waals surface area contributed by atoms with Crippen LogP contribution in [-0.2, 0) is 30.9 Å². The van der Waals surface area contributed by atoms with Crippen molar-refractivity contribution in [3.63, 3.8) is 0 Å². The van der Waals surface area contributed by atoms with Crippen LogP contribution in [0.3, 0.4) is 0 Å². The van der Waals surface area contributed by atoms with Gasteiger partial charge in [-0.2, -0.15) is 0 Å². The monoisotopic (exact) mass is 461 g/mol. The maximum absolute atomic E-state index is 12.9. The Kier molecular flexibility index (Phi) is 6.64. The lowest BCUT2D eigenvalue weighted by molar-refractivity contribution is -0.941. The number of ether oxygens (including phenoxy) is 2. The zero-order chi connectivity index (χ0) is 23.3. The summed E-state index contributed by atoms with van der Waals surface area (Å²) in [4.78, 5) is 17.1. The van der Waals surface area contributed by atoms with E-state index in [2.05, 4.69) is 32.6 Å². The molecule has 0 amide bonds. The number of H-pyrrole nitrogens is 1. The first-order chi connectivity index (χ1) is 16.7. The van der Waals surface area contributed by atoms with Crippen LogP contribution in [0.25, 0.3) is 10.9 Å². The van der Waals surface area contributed by atoms with Gasteiger partial charge < -0.3 is 19.4 Å². The van der Waals surface area contributed by atoms with Crippen molar-refractivity contribution in [2.45, 2.75) is 45.1 Å². The summed E-state index contributed by atoms with van der Waals surface area (Å²) in [7, 11) is 1.64. The highest BCUT2D eigenvalue weighted by Gasteiger charge is 2.22. The minimum Gasteiger partial charge on any atom is -0.497 e. The summed E-state index contributed by atoms with van der Waals surface area (Å²) in [5.74, 6) is 1.55. The number of quaternary nitrogens is 1. The summed E-state index contributed by atoms with van der Waals surface area (Å²) in [6.07, 6.45) is 2.25. The highest BCUT2D eigenvalue weighted by molar-refractivity contribution is 5.80. The number of benzene rings is 2. The zero-order valence-electron chi connectivity index (χ0n) is 19.2. The molecule has 2 N–H and O–H groups in total. The predicted octanol–water partition coefficient (Wildman–Crippen LogP) is 1.49. The van der Waals surface area contributed by atoms with Gasteiger partial charge in [0.25, 0.3) is 5.56 Å². The number of nitrogens with one attached hydrogen (secondary N) is 2. The van der Waals surface area contributed by atoms with Gasteiger partial charge in [0.05, 0.1) is 25.3 Å². The molecule has 0 radical (unpaired) electrons. The molecule has 176 valence electrons. The van der Waals surface area contributed by atoms with Crippen LogP contribution in [0, 0.1) is 0 Å². The summed E-state index contributed by atoms with van der Waals surface area (Å²) >= 11 is 0. The molecule has 2 atom stereocenters. The minimum atomic E-state index is -0.0813. The van der Waals surface area contributed by atoms with E-state index in [9.17, 15) is 4.79 Å². The molecule has 1 unspecified atom stereocenters. The summed E-state index contributed by atoms with van der Waals surface area (Å²) in [6, 6.07) is 17.9. The number of hydrogen-bond acceptors (Lipinski definition) is 6. The molecule has 1 aliphatic rings. The third-order valence-electron chi connectivity index (χ3n) is 6.28. The lowest BCUT2D eigenvalue weighted by Crippen LogP contribution is -3.08. The highest BCUT2D eigenvalue weighted by Crippen LogP contribution is 2.18. The largest absolute Gasteiger partial charge is 0.497 e. The third-order valence-corrected chi connectivity index (χ3v) is 6.28. The first kappa shape index (κ1) is 22.2. The van der Waals surface area contributed by atoms with Gasteiger partial charge in [-0.3, -0.25) is 4.79 Å². The summed E-state index contributed by atoms with van der Waals surface area (Å²) in [5.41, 5.74) is 2.61. The molecular formula is C25H29N6O3+. The van der Waals surface area contributed by atoms with E-state index < -0.39 is 0 Å². The number of fused-ring (bicyclic) bond motifs is 1. The van der Waals surface area contributed by atoms with Crippen molar-refractivity contribution < 1.29 is 14.4 Å². The van der Waals surface area contributed by atoms with Crippen LogP contribution in [0.1, 0.15) is 29.8 Å². The van der Waals surface area contributed by atoms with Crippen LogP contribution < -0.4 is 15.2 Å². The van der Waals surface area contributed by atoms with Gasteiger partial charge in [0, 0.05) is 23.1 Å². The number of tetrazole rings is 1. The fourth-order valence-corrected chi connectivity index (χ4v) is 4.53. The van der Waals surface area contributed by atoms with E-state index in [-0.39, 0.29) is 11.7 Å². The Balaban J connectivity index is 1.42. The van der Waals surface area contributed by atoms with Crippen molar-refractivity contribution >= 4 is 10.9 Å². The van der Waals surface area contributed by atoms with Crippen LogP contribution >= 0.6 is 0 Å². The molecule has 5 rings (SSSR count). The number of aromatic nitrogens is 5. The molecule has 0 saturated carbocycles. The normalized spacial score (nSPS) is 16.7. The first-order valence-corrected chi connectivity index (χ1v) is 11.6. The zero-order valence-corrected chi connectivity index (χ0v) is 19.2. The molecule has 9 heteroatoms. The quantitative estimate of drug-likeness (QED) is 0.392. The van der Waals surface area contributed by atoms with E-state index in [0.29, 0.717) is 25.2 Å². The van der Waals surface area contributed by atoms with Crippen molar-refractivity contribution in [2.75, 3.05) is 13.7 Å². The molecule has 4 aromatic rings. The lowest BCUT2D eigenvalue weighted by Gasteiger charge is -2.20. The van der Waals surface area contributed by atoms with Crippen LogP contribution in [0.5, 0.6) is 5.75 Å². The fraction of sp³-hybridized carbons (Fsp3) is 0.360. The predicted molar refractivity (Wildman–Crippen MR) is 126 cm³/mol. The smallest absolute Gasteiger partial charge is 0.257 e. The maximum atomic E-state index is 12.9. The Morgan fingerprint density at radius 1 is 1.15 bits per heavy atom. The Hall–Kier alpha value is -3.56. The van der Waals surface area contributed by atoms with Gasteiger partial charge in [-0.05, 0) is 47.5 Å². The molecule has 0 aliphatic carbocycles. The molecule has 2 aromatic carbocycles. The standard InChI is InChI=1S/C25H28N6O3/c1-33-21-9-10-23-19(13-21)12-20(25(32)26-23)15-30(14-18-6-3-2-4-7-18)17-24-27-28-29-31(24)16-22-8-5-11-34-22/h2-4,6-7,9-10,12-13,22H,5,8,11,14-17H2,1H3,(H,26,32)/p+1/t22-/m0/s1. The molecule has 2 aromatic heterocycles. The number of rotatable bonds is 9. The second-order valence-electron chi connectivity index (χ2n) is 8.76. The summed E-state index contributed by atoms with van der Waals surface area (Å²) < 4.78 is 13.0. The minimum absolute atomic E-state index is 0.0813. The first-order valence-electron chi connectivity index (χ1n) is 11.6. The molecule has 34 heavy (non-hydrogen) atoms. The second-order valence-corrected chi connectivity index (χ2v) is 8.76. The topological polar surface area (TPSA) is 99.4 Å². The van der Waals surface area contributed by atoms with Crippen LogP contribution in [0.4, 0.5) is 0 Å². The molecule has 9 nitrogen and oxygen atoms in total.